The summed E-state index contributed by atoms with van der Waals surface area (Å²) in [7, 11) is 0. The molecule has 0 bridgehead atoms. The van der Waals surface area contributed by atoms with Crippen molar-refractivity contribution < 1.29 is 0 Å². The summed E-state index contributed by atoms with van der Waals surface area (Å²) in [5.74, 6) is 0.873. The minimum Gasteiger partial charge on any atom is -0.314 e. The second-order valence-corrected chi connectivity index (χ2v) is 6.37. The van der Waals surface area contributed by atoms with Gasteiger partial charge in [-0.2, -0.15) is 0 Å². The molecule has 0 spiro atoms. The van der Waals surface area contributed by atoms with Gasteiger partial charge in [0, 0.05) is 6.04 Å². The van der Waals surface area contributed by atoms with Crippen LogP contribution in [0.4, 0.5) is 0 Å². The highest BCUT2D eigenvalue weighted by atomic mass is 14.9. The van der Waals surface area contributed by atoms with E-state index in [1.54, 1.807) is 5.56 Å². The Balaban J connectivity index is 2.04. The monoisotopic (exact) mass is 259 g/mol. The van der Waals surface area contributed by atoms with Gasteiger partial charge >= 0.3 is 0 Å². The van der Waals surface area contributed by atoms with Crippen molar-refractivity contribution in [3.05, 3.63) is 34.4 Å². The molecule has 0 amide bonds. The zero-order chi connectivity index (χ0) is 13.8. The number of benzene rings is 1. The summed E-state index contributed by atoms with van der Waals surface area (Å²) in [5.41, 5.74) is 5.98. The summed E-state index contributed by atoms with van der Waals surface area (Å²) < 4.78 is 0. The molecule has 1 saturated carbocycles. The minimum atomic E-state index is 0.759. The number of hydrogen-bond donors (Lipinski definition) is 1. The maximum atomic E-state index is 3.64. The molecule has 0 aliphatic heterocycles. The molecule has 0 radical (unpaired) electrons. The molecule has 1 aliphatic carbocycles. The van der Waals surface area contributed by atoms with Crippen LogP contribution in [0.1, 0.15) is 54.9 Å². The molecule has 0 aromatic heterocycles. The van der Waals surface area contributed by atoms with Crippen molar-refractivity contribution in [3.8, 4) is 0 Å². The van der Waals surface area contributed by atoms with E-state index < -0.39 is 0 Å². The fraction of sp³-hybridized carbons (Fsp3) is 0.667. The molecule has 0 saturated heterocycles. The molecular formula is C18H29N. The predicted molar refractivity (Wildman–Crippen MR) is 83.8 cm³/mol. The third-order valence-corrected chi connectivity index (χ3v) is 4.61. The van der Waals surface area contributed by atoms with E-state index in [9.17, 15) is 0 Å². The lowest BCUT2D eigenvalue weighted by Gasteiger charge is -2.30. The SMILES string of the molecule is CCNC1CCCC(Cc2c(C)cc(C)cc2C)C1. The molecule has 1 aliphatic rings. The summed E-state index contributed by atoms with van der Waals surface area (Å²) in [6.45, 7) is 10.1. The van der Waals surface area contributed by atoms with E-state index in [1.807, 2.05) is 0 Å². The molecule has 2 unspecified atom stereocenters. The summed E-state index contributed by atoms with van der Waals surface area (Å²) in [4.78, 5) is 0. The van der Waals surface area contributed by atoms with Crippen LogP contribution >= 0.6 is 0 Å². The van der Waals surface area contributed by atoms with Crippen LogP contribution in [0.15, 0.2) is 12.1 Å². The van der Waals surface area contributed by atoms with Crippen LogP contribution in [0.2, 0.25) is 0 Å². The molecule has 0 heterocycles. The summed E-state index contributed by atoms with van der Waals surface area (Å²) in [6, 6.07) is 5.44. The lowest BCUT2D eigenvalue weighted by molar-refractivity contribution is 0.286. The Bertz CT molecular complexity index is 397. The van der Waals surface area contributed by atoms with Gasteiger partial charge in [0.05, 0.1) is 0 Å². The van der Waals surface area contributed by atoms with E-state index in [4.69, 9.17) is 0 Å². The molecule has 1 aromatic rings. The molecule has 1 fully saturated rings. The fourth-order valence-corrected chi connectivity index (χ4v) is 3.77. The van der Waals surface area contributed by atoms with Crippen LogP contribution in [-0.2, 0) is 6.42 Å². The van der Waals surface area contributed by atoms with Crippen LogP contribution in [-0.4, -0.2) is 12.6 Å². The van der Waals surface area contributed by atoms with E-state index >= 15 is 0 Å². The van der Waals surface area contributed by atoms with Gasteiger partial charge < -0.3 is 5.32 Å². The van der Waals surface area contributed by atoms with Gasteiger partial charge in [0.1, 0.15) is 0 Å². The molecule has 2 atom stereocenters. The third-order valence-electron chi connectivity index (χ3n) is 4.61. The first kappa shape index (κ1) is 14.6. The Kier molecular flexibility index (Phi) is 5.04. The quantitative estimate of drug-likeness (QED) is 0.849. The molecule has 106 valence electrons. The molecule has 1 aromatic carbocycles. The highest BCUT2D eigenvalue weighted by molar-refractivity contribution is 5.37. The molecule has 2 rings (SSSR count). The van der Waals surface area contributed by atoms with Gasteiger partial charge in [0.15, 0.2) is 0 Å². The van der Waals surface area contributed by atoms with Crippen molar-refractivity contribution >= 4 is 0 Å². The van der Waals surface area contributed by atoms with Crippen LogP contribution in [0, 0.1) is 26.7 Å². The van der Waals surface area contributed by atoms with E-state index in [1.165, 1.54) is 48.8 Å². The first-order valence-corrected chi connectivity index (χ1v) is 7.90. The highest BCUT2D eigenvalue weighted by Crippen LogP contribution is 2.29. The summed E-state index contributed by atoms with van der Waals surface area (Å²) in [6.07, 6.45) is 6.82. The van der Waals surface area contributed by atoms with Crippen molar-refractivity contribution in [2.45, 2.75) is 65.8 Å². The van der Waals surface area contributed by atoms with Crippen LogP contribution < -0.4 is 5.32 Å². The van der Waals surface area contributed by atoms with Crippen LogP contribution in [0.25, 0.3) is 0 Å². The van der Waals surface area contributed by atoms with E-state index in [0.29, 0.717) is 0 Å². The van der Waals surface area contributed by atoms with Crippen molar-refractivity contribution in [1.82, 2.24) is 5.32 Å². The second-order valence-electron chi connectivity index (χ2n) is 6.37. The minimum absolute atomic E-state index is 0.759. The predicted octanol–water partition coefficient (Wildman–Crippen LogP) is 4.32. The van der Waals surface area contributed by atoms with Gasteiger partial charge in [-0.3, -0.25) is 0 Å². The highest BCUT2D eigenvalue weighted by Gasteiger charge is 2.22. The van der Waals surface area contributed by atoms with Gasteiger partial charge in [-0.05, 0) is 69.2 Å². The average Bonchev–Trinajstić information content (AvgIpc) is 2.35. The Morgan fingerprint density at radius 2 is 1.79 bits per heavy atom. The van der Waals surface area contributed by atoms with Crippen molar-refractivity contribution in [3.63, 3.8) is 0 Å². The normalized spacial score (nSPS) is 23.6. The Morgan fingerprint density at radius 3 is 2.42 bits per heavy atom. The Labute approximate surface area is 118 Å². The van der Waals surface area contributed by atoms with Crippen LogP contribution in [0.5, 0.6) is 0 Å². The van der Waals surface area contributed by atoms with Gasteiger partial charge in [0.25, 0.3) is 0 Å². The third kappa shape index (κ3) is 3.82. The number of aryl methyl sites for hydroxylation is 3. The maximum Gasteiger partial charge on any atom is 0.00697 e. The van der Waals surface area contributed by atoms with E-state index in [2.05, 4.69) is 45.1 Å². The molecular weight excluding hydrogens is 230 g/mol. The molecule has 1 N–H and O–H groups in total. The smallest absolute Gasteiger partial charge is 0.00697 e. The summed E-state index contributed by atoms with van der Waals surface area (Å²) >= 11 is 0. The van der Waals surface area contributed by atoms with E-state index in [-0.39, 0.29) is 0 Å². The molecule has 1 nitrogen and oxygen atoms in total. The molecule has 1 heteroatoms. The van der Waals surface area contributed by atoms with Gasteiger partial charge in [0.2, 0.25) is 0 Å². The standard InChI is InChI=1S/C18H29N/c1-5-19-17-8-6-7-16(11-17)12-18-14(3)9-13(2)10-15(18)4/h9-10,16-17,19H,5-8,11-12H2,1-4H3. The fourth-order valence-electron chi connectivity index (χ4n) is 3.77. The van der Waals surface area contributed by atoms with Crippen molar-refractivity contribution in [1.29, 1.82) is 0 Å². The van der Waals surface area contributed by atoms with E-state index in [0.717, 1.165) is 18.5 Å². The molecule has 19 heavy (non-hydrogen) atoms. The lowest BCUT2D eigenvalue weighted by Crippen LogP contribution is -2.34. The average molecular weight is 259 g/mol. The first-order chi connectivity index (χ1) is 9.10. The van der Waals surface area contributed by atoms with Gasteiger partial charge in [-0.25, -0.2) is 0 Å². The van der Waals surface area contributed by atoms with Crippen molar-refractivity contribution in [2.75, 3.05) is 6.54 Å². The maximum absolute atomic E-state index is 3.64. The largest absolute Gasteiger partial charge is 0.314 e. The second kappa shape index (κ2) is 6.56. The number of rotatable bonds is 4. The Morgan fingerprint density at radius 1 is 1.11 bits per heavy atom. The Hall–Kier alpha value is -0.820. The first-order valence-electron chi connectivity index (χ1n) is 7.90. The number of hydrogen-bond acceptors (Lipinski definition) is 1. The number of nitrogens with one attached hydrogen (secondary N) is 1. The lowest BCUT2D eigenvalue weighted by atomic mass is 9.80. The van der Waals surface area contributed by atoms with Gasteiger partial charge in [-0.1, -0.05) is 37.5 Å². The topological polar surface area (TPSA) is 12.0 Å². The van der Waals surface area contributed by atoms with Crippen molar-refractivity contribution in [2.24, 2.45) is 5.92 Å². The zero-order valence-electron chi connectivity index (χ0n) is 13.1. The summed E-state index contributed by atoms with van der Waals surface area (Å²) in [5, 5.41) is 3.64. The zero-order valence-corrected chi connectivity index (χ0v) is 13.1. The van der Waals surface area contributed by atoms with Gasteiger partial charge in [-0.15, -0.1) is 0 Å². The van der Waals surface area contributed by atoms with Crippen LogP contribution in [0.3, 0.4) is 0 Å².